The number of hydrogen-bond donors (Lipinski definition) is 0. The van der Waals surface area contributed by atoms with E-state index in [9.17, 15) is 9.59 Å². The van der Waals surface area contributed by atoms with Crippen molar-refractivity contribution in [3.05, 3.63) is 29.3 Å². The Labute approximate surface area is 174 Å². The second-order valence-electron chi connectivity index (χ2n) is 7.92. The van der Waals surface area contributed by atoms with Gasteiger partial charge in [-0.05, 0) is 49.4 Å². The lowest BCUT2D eigenvalue weighted by atomic mass is 9.98. The van der Waals surface area contributed by atoms with Crippen LogP contribution in [0.25, 0.3) is 0 Å². The molecular weight excluding hydrogens is 370 g/mol. The van der Waals surface area contributed by atoms with Gasteiger partial charge in [-0.3, -0.25) is 9.59 Å². The molecule has 0 spiro atoms. The summed E-state index contributed by atoms with van der Waals surface area (Å²) in [6.45, 7) is 9.70. The van der Waals surface area contributed by atoms with E-state index in [1.165, 1.54) is 18.4 Å². The van der Waals surface area contributed by atoms with Crippen LogP contribution in [0.3, 0.4) is 0 Å². The number of rotatable bonds is 11. The highest BCUT2D eigenvalue weighted by atomic mass is 32.2. The van der Waals surface area contributed by atoms with Crippen LogP contribution >= 0.6 is 11.8 Å². The molecule has 1 aliphatic rings. The smallest absolute Gasteiger partial charge is 0.306 e. The molecule has 1 aromatic carbocycles. The molecule has 1 amide bonds. The molecule has 2 rings (SSSR count). The Bertz CT molecular complexity index is 659. The molecule has 1 atom stereocenters. The van der Waals surface area contributed by atoms with E-state index in [1.54, 1.807) is 11.8 Å². The van der Waals surface area contributed by atoms with Crippen molar-refractivity contribution < 1.29 is 14.3 Å². The molecule has 0 saturated carbocycles. The summed E-state index contributed by atoms with van der Waals surface area (Å²) in [4.78, 5) is 27.3. The number of esters is 1. The molecule has 1 aliphatic heterocycles. The lowest BCUT2D eigenvalue weighted by molar-refractivity contribution is -0.144. The number of ether oxygens (including phenoxy) is 1. The number of carbonyl (C=O) groups excluding carboxylic acids is 2. The van der Waals surface area contributed by atoms with E-state index in [-0.39, 0.29) is 17.9 Å². The quantitative estimate of drug-likeness (QED) is 0.374. The molecule has 1 aromatic rings. The van der Waals surface area contributed by atoms with Gasteiger partial charge in [-0.2, -0.15) is 0 Å². The Hall–Kier alpha value is -1.49. The van der Waals surface area contributed by atoms with Gasteiger partial charge in [0.25, 0.3) is 0 Å². The number of nitrogens with zero attached hydrogens (tertiary/aromatic N) is 1. The lowest BCUT2D eigenvalue weighted by Crippen LogP contribution is -2.40. The minimum atomic E-state index is -0.108. The van der Waals surface area contributed by atoms with Crippen LogP contribution in [0.2, 0.25) is 0 Å². The molecule has 0 fully saturated rings. The van der Waals surface area contributed by atoms with Crippen LogP contribution in [0.5, 0.6) is 0 Å². The van der Waals surface area contributed by atoms with Crippen LogP contribution < -0.4 is 0 Å². The predicted octanol–water partition coefficient (Wildman–Crippen LogP) is 5.22. The molecule has 0 radical (unpaired) electrons. The molecule has 5 heteroatoms. The Morgan fingerprint density at radius 2 is 2.04 bits per heavy atom. The maximum atomic E-state index is 12.3. The lowest BCUT2D eigenvalue weighted by Gasteiger charge is -2.32. The molecule has 1 heterocycles. The van der Waals surface area contributed by atoms with E-state index in [0.29, 0.717) is 37.7 Å². The second-order valence-corrected chi connectivity index (χ2v) is 9.09. The van der Waals surface area contributed by atoms with Crippen molar-refractivity contribution in [2.45, 2.75) is 83.7 Å². The maximum Gasteiger partial charge on any atom is 0.306 e. The highest BCUT2D eigenvalue weighted by Crippen LogP contribution is 2.27. The Morgan fingerprint density at radius 1 is 1.25 bits per heavy atom. The average Bonchev–Trinajstić information content (AvgIpc) is 2.67. The molecule has 0 bridgehead atoms. The second kappa shape index (κ2) is 11.5. The van der Waals surface area contributed by atoms with Crippen LogP contribution in [0.4, 0.5) is 0 Å². The number of amides is 1. The van der Waals surface area contributed by atoms with Gasteiger partial charge in [0.2, 0.25) is 5.91 Å². The molecule has 0 N–H and O–H groups in total. The van der Waals surface area contributed by atoms with Crippen molar-refractivity contribution in [1.29, 1.82) is 0 Å². The van der Waals surface area contributed by atoms with Gasteiger partial charge in [0.15, 0.2) is 0 Å². The van der Waals surface area contributed by atoms with E-state index >= 15 is 0 Å². The van der Waals surface area contributed by atoms with Crippen molar-refractivity contribution in [1.82, 2.24) is 4.90 Å². The van der Waals surface area contributed by atoms with Crippen molar-refractivity contribution in [3.63, 3.8) is 0 Å². The fourth-order valence-electron chi connectivity index (χ4n) is 3.45. The molecule has 0 saturated heterocycles. The van der Waals surface area contributed by atoms with Crippen LogP contribution in [0, 0.1) is 5.92 Å². The van der Waals surface area contributed by atoms with Gasteiger partial charge in [-0.1, -0.05) is 39.2 Å². The number of unbranched alkanes of at least 4 members (excludes halogenated alkanes) is 1. The van der Waals surface area contributed by atoms with Crippen molar-refractivity contribution in [2.75, 3.05) is 12.4 Å². The molecule has 0 aliphatic carbocycles. The van der Waals surface area contributed by atoms with E-state index in [2.05, 4.69) is 45.9 Å². The summed E-state index contributed by atoms with van der Waals surface area (Å²) >= 11 is 1.66. The zero-order chi connectivity index (χ0) is 20.5. The van der Waals surface area contributed by atoms with E-state index in [4.69, 9.17) is 4.74 Å². The largest absolute Gasteiger partial charge is 0.465 e. The highest BCUT2D eigenvalue weighted by molar-refractivity contribution is 7.99. The molecular formula is C23H35NO3S. The zero-order valence-electron chi connectivity index (χ0n) is 17.8. The number of carbonyl (C=O) groups is 2. The van der Waals surface area contributed by atoms with Gasteiger partial charge in [0.1, 0.15) is 0 Å². The maximum absolute atomic E-state index is 12.3. The Kier molecular flexibility index (Phi) is 9.36. The van der Waals surface area contributed by atoms with E-state index < -0.39 is 0 Å². The normalized spacial score (nSPS) is 14.9. The van der Waals surface area contributed by atoms with E-state index in [1.807, 2.05) is 4.90 Å². The first-order valence-corrected chi connectivity index (χ1v) is 11.6. The van der Waals surface area contributed by atoms with Gasteiger partial charge in [-0.15, -0.1) is 11.8 Å². The summed E-state index contributed by atoms with van der Waals surface area (Å²) in [6, 6.07) is 6.56. The third-order valence-corrected chi connectivity index (χ3v) is 6.40. The van der Waals surface area contributed by atoms with Gasteiger partial charge in [0, 0.05) is 23.2 Å². The molecule has 156 valence electrons. The fourth-order valence-corrected chi connectivity index (χ4v) is 4.35. The van der Waals surface area contributed by atoms with Crippen molar-refractivity contribution >= 4 is 23.6 Å². The summed E-state index contributed by atoms with van der Waals surface area (Å²) in [5, 5.41) is 0. The first kappa shape index (κ1) is 22.8. The minimum absolute atomic E-state index is 0.108. The third-order valence-electron chi connectivity index (χ3n) is 5.40. The topological polar surface area (TPSA) is 46.6 Å². The summed E-state index contributed by atoms with van der Waals surface area (Å²) < 4.78 is 5.47. The summed E-state index contributed by atoms with van der Waals surface area (Å²) in [6.07, 6.45) is 5.47. The van der Waals surface area contributed by atoms with Gasteiger partial charge >= 0.3 is 5.97 Å². The first-order valence-electron chi connectivity index (χ1n) is 10.6. The SMILES string of the molecule is CCCCC(CC)COC(=O)CCSc1ccc2c(c1)CC(=O)N(C(C)C)C2. The minimum Gasteiger partial charge on any atom is -0.465 e. The van der Waals surface area contributed by atoms with Crippen molar-refractivity contribution in [3.8, 4) is 0 Å². The van der Waals surface area contributed by atoms with Crippen LogP contribution in [0.1, 0.15) is 70.9 Å². The standard InChI is InChI=1S/C23H35NO3S/c1-5-7-8-18(6-2)16-27-23(26)11-12-28-21-10-9-19-15-24(17(3)4)22(25)14-20(19)13-21/h9-10,13,17-18H,5-8,11-12,14-16H2,1-4H3. The Balaban J connectivity index is 1.77. The fraction of sp³-hybridized carbons (Fsp3) is 0.652. The average molecular weight is 406 g/mol. The Morgan fingerprint density at radius 3 is 2.71 bits per heavy atom. The summed E-state index contributed by atoms with van der Waals surface area (Å²) in [5.74, 6) is 1.28. The number of benzene rings is 1. The molecule has 28 heavy (non-hydrogen) atoms. The van der Waals surface area contributed by atoms with Gasteiger partial charge < -0.3 is 9.64 Å². The van der Waals surface area contributed by atoms with Gasteiger partial charge in [-0.25, -0.2) is 0 Å². The third kappa shape index (κ3) is 6.84. The molecule has 4 nitrogen and oxygen atoms in total. The number of fused-ring (bicyclic) bond motifs is 1. The van der Waals surface area contributed by atoms with Crippen LogP contribution in [0.15, 0.2) is 23.1 Å². The van der Waals surface area contributed by atoms with E-state index in [0.717, 1.165) is 23.3 Å². The first-order chi connectivity index (χ1) is 13.4. The number of hydrogen-bond acceptors (Lipinski definition) is 4. The summed E-state index contributed by atoms with van der Waals surface area (Å²) in [5.41, 5.74) is 2.35. The molecule has 0 aromatic heterocycles. The van der Waals surface area contributed by atoms with Gasteiger partial charge in [0.05, 0.1) is 19.4 Å². The van der Waals surface area contributed by atoms with Crippen LogP contribution in [-0.4, -0.2) is 35.2 Å². The highest BCUT2D eigenvalue weighted by Gasteiger charge is 2.24. The summed E-state index contributed by atoms with van der Waals surface area (Å²) in [7, 11) is 0. The van der Waals surface area contributed by atoms with Crippen LogP contribution in [-0.2, 0) is 27.3 Å². The van der Waals surface area contributed by atoms with Crippen molar-refractivity contribution in [2.24, 2.45) is 5.92 Å². The monoisotopic (exact) mass is 405 g/mol. The number of thioether (sulfide) groups is 1. The molecule has 1 unspecified atom stereocenters. The predicted molar refractivity (Wildman–Crippen MR) is 115 cm³/mol. The zero-order valence-corrected chi connectivity index (χ0v) is 18.6.